The fourth-order valence-electron chi connectivity index (χ4n) is 3.51. The molecule has 0 spiro atoms. The summed E-state index contributed by atoms with van der Waals surface area (Å²) in [7, 11) is 0. The molecule has 0 bridgehead atoms. The molecule has 0 atom stereocenters. The van der Waals surface area contributed by atoms with Crippen LogP contribution in [0, 0.1) is 0 Å². The van der Waals surface area contributed by atoms with Crippen molar-refractivity contribution in [3.05, 3.63) is 88.5 Å². The lowest BCUT2D eigenvalue weighted by Gasteiger charge is -2.21. The van der Waals surface area contributed by atoms with E-state index < -0.39 is 0 Å². The van der Waals surface area contributed by atoms with Crippen LogP contribution in [0.4, 0.5) is 5.69 Å². The Morgan fingerprint density at radius 2 is 1.50 bits per heavy atom. The van der Waals surface area contributed by atoms with Crippen molar-refractivity contribution in [2.75, 3.05) is 5.73 Å². The Hall–Kier alpha value is -3.40. The van der Waals surface area contributed by atoms with Crippen molar-refractivity contribution in [2.24, 2.45) is 0 Å². The second kappa shape index (κ2) is 7.31. The van der Waals surface area contributed by atoms with Crippen LogP contribution >= 0.6 is 0 Å². The van der Waals surface area contributed by atoms with Crippen LogP contribution in [-0.2, 0) is 6.42 Å². The lowest BCUT2D eigenvalue weighted by molar-refractivity contribution is 0.0977. The van der Waals surface area contributed by atoms with Gasteiger partial charge < -0.3 is 10.5 Å². The maximum atomic E-state index is 13.1. The highest BCUT2D eigenvalue weighted by molar-refractivity contribution is 6.29. The molecule has 0 radical (unpaired) electrons. The minimum atomic E-state index is -0.243. The van der Waals surface area contributed by atoms with Crippen LogP contribution in [-0.4, -0.2) is 11.6 Å². The van der Waals surface area contributed by atoms with Crippen molar-refractivity contribution in [2.45, 2.75) is 26.2 Å². The van der Waals surface area contributed by atoms with Crippen LogP contribution in [0.25, 0.3) is 0 Å². The third-order valence-electron chi connectivity index (χ3n) is 5.04. The minimum absolute atomic E-state index is 0.190. The second-order valence-electron chi connectivity index (χ2n) is 6.96. The molecule has 0 unspecified atom stereocenters. The molecule has 0 aromatic heterocycles. The number of ketones is 2. The van der Waals surface area contributed by atoms with Crippen molar-refractivity contribution >= 4 is 17.3 Å². The van der Waals surface area contributed by atoms with E-state index in [1.54, 1.807) is 36.4 Å². The first-order valence-corrected chi connectivity index (χ1v) is 9.48. The first-order valence-electron chi connectivity index (χ1n) is 9.48. The number of carbonyl (C=O) groups is 2. The van der Waals surface area contributed by atoms with E-state index in [1.165, 1.54) is 5.56 Å². The maximum absolute atomic E-state index is 13.1. The highest BCUT2D eigenvalue weighted by atomic mass is 16.5. The van der Waals surface area contributed by atoms with Crippen molar-refractivity contribution in [1.29, 1.82) is 0 Å². The third kappa shape index (κ3) is 3.07. The van der Waals surface area contributed by atoms with Crippen LogP contribution < -0.4 is 10.5 Å². The van der Waals surface area contributed by atoms with Crippen LogP contribution in [0.1, 0.15) is 57.2 Å². The fraction of sp³-hybridized carbons (Fsp3) is 0.167. The van der Waals surface area contributed by atoms with Gasteiger partial charge in [-0.25, -0.2) is 0 Å². The van der Waals surface area contributed by atoms with Crippen molar-refractivity contribution in [3.63, 3.8) is 0 Å². The molecule has 0 saturated heterocycles. The molecule has 4 heteroatoms. The van der Waals surface area contributed by atoms with E-state index >= 15 is 0 Å². The van der Waals surface area contributed by atoms with Crippen LogP contribution in [0.3, 0.4) is 0 Å². The molecular weight excluding hydrogens is 350 g/mol. The van der Waals surface area contributed by atoms with Crippen LogP contribution in [0.2, 0.25) is 0 Å². The summed E-state index contributed by atoms with van der Waals surface area (Å²) in [5.74, 6) is 0.392. The largest absolute Gasteiger partial charge is 0.454 e. The molecule has 0 heterocycles. The molecule has 0 aliphatic heterocycles. The molecule has 28 heavy (non-hydrogen) atoms. The van der Waals surface area contributed by atoms with Gasteiger partial charge >= 0.3 is 0 Å². The van der Waals surface area contributed by atoms with Gasteiger partial charge in [-0.05, 0) is 42.7 Å². The average Bonchev–Trinajstić information content (AvgIpc) is 2.73. The lowest BCUT2D eigenvalue weighted by Crippen LogP contribution is -2.22. The van der Waals surface area contributed by atoms with Gasteiger partial charge in [-0.1, -0.05) is 49.7 Å². The highest BCUT2D eigenvalue weighted by Crippen LogP contribution is 2.39. The number of carbonyl (C=O) groups excluding carboxylic acids is 2. The summed E-state index contributed by atoms with van der Waals surface area (Å²) in [6.07, 6.45) is 3.29. The molecule has 1 aliphatic rings. The van der Waals surface area contributed by atoms with E-state index in [0.717, 1.165) is 19.3 Å². The molecule has 4 rings (SSSR count). The van der Waals surface area contributed by atoms with E-state index in [9.17, 15) is 9.59 Å². The Morgan fingerprint density at radius 3 is 2.18 bits per heavy atom. The van der Waals surface area contributed by atoms with Gasteiger partial charge in [0.2, 0.25) is 0 Å². The van der Waals surface area contributed by atoms with E-state index in [1.807, 2.05) is 24.3 Å². The summed E-state index contributed by atoms with van der Waals surface area (Å²) in [4.78, 5) is 26.0. The van der Waals surface area contributed by atoms with Gasteiger partial charge in [0.05, 0.1) is 11.3 Å². The number of hydrogen-bond acceptors (Lipinski definition) is 4. The van der Waals surface area contributed by atoms with E-state index in [-0.39, 0.29) is 22.9 Å². The number of anilines is 1. The number of nitrogens with two attached hydrogens (primary N) is 1. The Morgan fingerprint density at radius 1 is 0.821 bits per heavy atom. The Kier molecular flexibility index (Phi) is 4.70. The Bertz CT molecular complexity index is 1070. The normalized spacial score (nSPS) is 12.5. The van der Waals surface area contributed by atoms with E-state index in [4.69, 9.17) is 10.5 Å². The molecule has 0 amide bonds. The summed E-state index contributed by atoms with van der Waals surface area (Å²) >= 11 is 0. The van der Waals surface area contributed by atoms with Gasteiger partial charge in [0, 0.05) is 16.7 Å². The van der Waals surface area contributed by atoms with Gasteiger partial charge in [0.15, 0.2) is 17.3 Å². The SMILES string of the molecule is CCCCc1ccc(Oc2c(N)ccc3c2C(=O)c2ccccc2C3=O)cc1. The van der Waals surface area contributed by atoms with E-state index in [0.29, 0.717) is 28.1 Å². The predicted octanol–water partition coefficient (Wildman–Crippen LogP) is 5.18. The molecule has 1 aliphatic carbocycles. The monoisotopic (exact) mass is 371 g/mol. The number of benzene rings is 3. The molecule has 2 N–H and O–H groups in total. The van der Waals surface area contributed by atoms with Gasteiger partial charge in [-0.15, -0.1) is 0 Å². The Balaban J connectivity index is 1.73. The van der Waals surface area contributed by atoms with Crippen molar-refractivity contribution < 1.29 is 14.3 Å². The molecular formula is C24H21NO3. The topological polar surface area (TPSA) is 69.4 Å². The summed E-state index contributed by atoms with van der Waals surface area (Å²) in [5.41, 5.74) is 9.04. The molecule has 0 fully saturated rings. The molecule has 3 aromatic carbocycles. The predicted molar refractivity (Wildman–Crippen MR) is 109 cm³/mol. The summed E-state index contributed by atoms with van der Waals surface area (Å²) in [6.45, 7) is 2.16. The number of hydrogen-bond donors (Lipinski definition) is 1. The van der Waals surface area contributed by atoms with Gasteiger partial charge in [0.1, 0.15) is 5.75 Å². The summed E-state index contributed by atoms with van der Waals surface area (Å²) in [5, 5.41) is 0. The fourth-order valence-corrected chi connectivity index (χ4v) is 3.51. The first kappa shape index (κ1) is 18.0. The number of rotatable bonds is 5. The zero-order chi connectivity index (χ0) is 19.7. The smallest absolute Gasteiger partial charge is 0.198 e. The number of fused-ring (bicyclic) bond motifs is 2. The molecule has 0 saturated carbocycles. The Labute approximate surface area is 164 Å². The van der Waals surface area contributed by atoms with E-state index in [2.05, 4.69) is 6.92 Å². The standard InChI is InChI=1S/C24H21NO3/c1-2-3-6-15-9-11-16(12-10-15)28-24-20(25)14-13-19-21(24)23(27)18-8-5-4-7-17(18)22(19)26/h4-5,7-14H,2-3,6,25H2,1H3. The zero-order valence-corrected chi connectivity index (χ0v) is 15.7. The number of nitrogen functional groups attached to an aromatic ring is 1. The summed E-state index contributed by atoms with van der Waals surface area (Å²) < 4.78 is 6.00. The quantitative estimate of drug-likeness (QED) is 0.491. The average molecular weight is 371 g/mol. The minimum Gasteiger partial charge on any atom is -0.454 e. The first-order chi connectivity index (χ1) is 13.6. The highest BCUT2D eigenvalue weighted by Gasteiger charge is 2.33. The van der Waals surface area contributed by atoms with Crippen molar-refractivity contribution in [1.82, 2.24) is 0 Å². The number of ether oxygens (including phenoxy) is 1. The van der Waals surface area contributed by atoms with Crippen molar-refractivity contribution in [3.8, 4) is 11.5 Å². The second-order valence-corrected chi connectivity index (χ2v) is 6.96. The third-order valence-corrected chi connectivity index (χ3v) is 5.04. The van der Waals surface area contributed by atoms with Gasteiger partial charge in [-0.3, -0.25) is 9.59 Å². The summed E-state index contributed by atoms with van der Waals surface area (Å²) in [6, 6.07) is 17.8. The number of unbranched alkanes of at least 4 members (excludes halogenated alkanes) is 1. The molecule has 4 nitrogen and oxygen atoms in total. The van der Waals surface area contributed by atoms with Crippen LogP contribution in [0.15, 0.2) is 60.7 Å². The molecule has 140 valence electrons. The number of aryl methyl sites for hydroxylation is 1. The molecule has 3 aromatic rings. The zero-order valence-electron chi connectivity index (χ0n) is 15.7. The lowest BCUT2D eigenvalue weighted by atomic mass is 9.83. The maximum Gasteiger partial charge on any atom is 0.198 e. The van der Waals surface area contributed by atoms with Gasteiger partial charge in [0.25, 0.3) is 0 Å². The van der Waals surface area contributed by atoms with Crippen LogP contribution in [0.5, 0.6) is 11.5 Å². The van der Waals surface area contributed by atoms with Gasteiger partial charge in [-0.2, -0.15) is 0 Å².